The van der Waals surface area contributed by atoms with Crippen LogP contribution >= 0.6 is 23.2 Å². The van der Waals surface area contributed by atoms with Crippen molar-refractivity contribution in [2.24, 2.45) is 0 Å². The van der Waals surface area contributed by atoms with E-state index in [0.717, 1.165) is 0 Å². The van der Waals surface area contributed by atoms with Gasteiger partial charge in [-0.2, -0.15) is 8.78 Å². The van der Waals surface area contributed by atoms with E-state index in [4.69, 9.17) is 23.2 Å². The molecule has 1 nitrogen and oxygen atoms in total. The second-order valence-electron chi connectivity index (χ2n) is 2.86. The normalized spacial score (nSPS) is 11.8. The van der Waals surface area contributed by atoms with Crippen molar-refractivity contribution in [1.82, 2.24) is 5.32 Å². The Balaban J connectivity index is 3.06. The van der Waals surface area contributed by atoms with Crippen LogP contribution in [0.15, 0.2) is 18.2 Å². The molecule has 0 fully saturated rings. The number of alkyl halides is 2. The van der Waals surface area contributed by atoms with Gasteiger partial charge in [0.25, 0.3) is 5.92 Å². The topological polar surface area (TPSA) is 12.0 Å². The lowest BCUT2D eigenvalue weighted by Crippen LogP contribution is -2.28. The van der Waals surface area contributed by atoms with Crippen molar-refractivity contribution in [2.45, 2.75) is 5.92 Å². The number of halogens is 4. The fourth-order valence-electron chi connectivity index (χ4n) is 1.10. The van der Waals surface area contributed by atoms with Crippen molar-refractivity contribution in [1.29, 1.82) is 0 Å². The van der Waals surface area contributed by atoms with Gasteiger partial charge in [-0.1, -0.05) is 29.3 Å². The molecule has 0 unspecified atom stereocenters. The second kappa shape index (κ2) is 4.43. The Bertz CT molecular complexity index is 329. The summed E-state index contributed by atoms with van der Waals surface area (Å²) >= 11 is 11.3. The minimum atomic E-state index is -2.98. The first-order valence-electron chi connectivity index (χ1n) is 3.95. The number of benzene rings is 1. The van der Waals surface area contributed by atoms with E-state index in [2.05, 4.69) is 5.32 Å². The van der Waals surface area contributed by atoms with Crippen LogP contribution in [0.4, 0.5) is 8.78 Å². The Morgan fingerprint density at radius 1 is 1.36 bits per heavy atom. The summed E-state index contributed by atoms with van der Waals surface area (Å²) in [4.78, 5) is 0. The molecule has 0 aliphatic heterocycles. The van der Waals surface area contributed by atoms with Gasteiger partial charge in [-0.15, -0.1) is 0 Å². The molecule has 0 spiro atoms. The molecule has 1 aromatic carbocycles. The smallest absolute Gasteiger partial charge is 0.286 e. The van der Waals surface area contributed by atoms with Crippen LogP contribution in [-0.2, 0) is 5.92 Å². The number of hydrogen-bond donors (Lipinski definition) is 1. The molecule has 1 aromatic rings. The van der Waals surface area contributed by atoms with E-state index < -0.39 is 12.5 Å². The molecule has 1 N–H and O–H groups in total. The average molecular weight is 240 g/mol. The second-order valence-corrected chi connectivity index (χ2v) is 3.70. The van der Waals surface area contributed by atoms with Crippen LogP contribution in [0.25, 0.3) is 0 Å². The fourth-order valence-corrected chi connectivity index (χ4v) is 1.65. The molecule has 0 saturated heterocycles. The molecule has 14 heavy (non-hydrogen) atoms. The van der Waals surface area contributed by atoms with E-state index in [1.807, 2.05) is 0 Å². The number of rotatable bonds is 3. The predicted molar refractivity (Wildman–Crippen MR) is 54.3 cm³/mol. The van der Waals surface area contributed by atoms with E-state index >= 15 is 0 Å². The maximum absolute atomic E-state index is 13.4. The Kier molecular flexibility index (Phi) is 3.70. The van der Waals surface area contributed by atoms with Gasteiger partial charge in [-0.3, -0.25) is 0 Å². The van der Waals surface area contributed by atoms with Crippen molar-refractivity contribution in [3.05, 3.63) is 33.8 Å². The maximum Gasteiger partial charge on any atom is 0.286 e. The summed E-state index contributed by atoms with van der Waals surface area (Å²) in [5, 5.41) is 2.74. The molecule has 0 aliphatic rings. The molecule has 0 heterocycles. The highest BCUT2D eigenvalue weighted by Gasteiger charge is 2.32. The molecule has 0 bridgehead atoms. The van der Waals surface area contributed by atoms with Gasteiger partial charge in [0.2, 0.25) is 0 Å². The van der Waals surface area contributed by atoms with Crippen molar-refractivity contribution in [3.8, 4) is 0 Å². The summed E-state index contributed by atoms with van der Waals surface area (Å²) in [5.74, 6) is -2.98. The van der Waals surface area contributed by atoms with Crippen LogP contribution in [-0.4, -0.2) is 13.6 Å². The van der Waals surface area contributed by atoms with Gasteiger partial charge in [-0.25, -0.2) is 0 Å². The number of hydrogen-bond acceptors (Lipinski definition) is 1. The number of nitrogens with one attached hydrogen (secondary N) is 1. The van der Waals surface area contributed by atoms with Crippen LogP contribution in [0.2, 0.25) is 10.0 Å². The minimum Gasteiger partial charge on any atom is -0.314 e. The highest BCUT2D eigenvalue weighted by atomic mass is 35.5. The van der Waals surface area contributed by atoms with E-state index in [-0.39, 0.29) is 10.6 Å². The molecule has 0 amide bonds. The lowest BCUT2D eigenvalue weighted by molar-refractivity contribution is -0.00113. The van der Waals surface area contributed by atoms with Gasteiger partial charge in [-0.05, 0) is 19.2 Å². The zero-order chi connectivity index (χ0) is 10.8. The number of likely N-dealkylation sites (N-methyl/N-ethyl adjacent to an activating group) is 1. The first kappa shape index (κ1) is 11.7. The Morgan fingerprint density at radius 3 is 2.50 bits per heavy atom. The Morgan fingerprint density at radius 2 is 2.00 bits per heavy atom. The summed E-state index contributed by atoms with van der Waals surface area (Å²) in [6.45, 7) is -0.450. The Hall–Kier alpha value is -0.380. The van der Waals surface area contributed by atoms with Crippen molar-refractivity contribution < 1.29 is 8.78 Å². The van der Waals surface area contributed by atoms with Crippen molar-refractivity contribution >= 4 is 23.2 Å². The van der Waals surface area contributed by atoms with Gasteiger partial charge >= 0.3 is 0 Å². The van der Waals surface area contributed by atoms with Gasteiger partial charge in [0.1, 0.15) is 0 Å². The molecule has 5 heteroatoms. The third kappa shape index (κ3) is 2.56. The molecule has 0 atom stereocenters. The highest BCUT2D eigenvalue weighted by Crippen LogP contribution is 2.34. The molecule has 0 aliphatic carbocycles. The summed E-state index contributed by atoms with van der Waals surface area (Å²) < 4.78 is 26.7. The molecule has 0 aromatic heterocycles. The summed E-state index contributed by atoms with van der Waals surface area (Å²) in [7, 11) is 1.46. The lowest BCUT2D eigenvalue weighted by atomic mass is 10.1. The van der Waals surface area contributed by atoms with Gasteiger partial charge in [0.05, 0.1) is 11.6 Å². The van der Waals surface area contributed by atoms with Crippen molar-refractivity contribution in [3.63, 3.8) is 0 Å². The highest BCUT2D eigenvalue weighted by molar-refractivity contribution is 6.35. The lowest BCUT2D eigenvalue weighted by Gasteiger charge is -2.17. The summed E-state index contributed by atoms with van der Waals surface area (Å²) in [5.41, 5.74) is -0.210. The molecular formula is C9H9Cl2F2N. The molecule has 78 valence electrons. The molecule has 0 saturated carbocycles. The molecule has 1 rings (SSSR count). The summed E-state index contributed by atoms with van der Waals surface area (Å²) in [6, 6.07) is 3.94. The Labute approximate surface area is 91.0 Å². The average Bonchev–Trinajstić information content (AvgIpc) is 2.02. The quantitative estimate of drug-likeness (QED) is 0.854. The zero-order valence-electron chi connectivity index (χ0n) is 7.45. The first-order chi connectivity index (χ1) is 6.47. The van der Waals surface area contributed by atoms with Gasteiger partial charge in [0.15, 0.2) is 0 Å². The maximum atomic E-state index is 13.4. The van der Waals surface area contributed by atoms with Crippen LogP contribution in [0.5, 0.6) is 0 Å². The molecule has 0 radical (unpaired) electrons. The van der Waals surface area contributed by atoms with Crippen LogP contribution < -0.4 is 5.32 Å². The molecular weight excluding hydrogens is 231 g/mol. The van der Waals surface area contributed by atoms with E-state index in [9.17, 15) is 8.78 Å². The SMILES string of the molecule is CNCC(F)(F)c1ccc(Cl)cc1Cl. The minimum absolute atomic E-state index is 0.0160. The third-order valence-electron chi connectivity index (χ3n) is 1.72. The zero-order valence-corrected chi connectivity index (χ0v) is 8.96. The first-order valence-corrected chi connectivity index (χ1v) is 4.71. The predicted octanol–water partition coefficient (Wildman–Crippen LogP) is 3.30. The third-order valence-corrected chi connectivity index (χ3v) is 2.27. The summed E-state index contributed by atoms with van der Waals surface area (Å²) in [6.07, 6.45) is 0. The van der Waals surface area contributed by atoms with Crippen LogP contribution in [0, 0.1) is 0 Å². The van der Waals surface area contributed by atoms with Crippen LogP contribution in [0.3, 0.4) is 0 Å². The monoisotopic (exact) mass is 239 g/mol. The van der Waals surface area contributed by atoms with Gasteiger partial charge in [0, 0.05) is 10.6 Å². The standard InChI is InChI=1S/C9H9Cl2F2N/c1-14-5-9(12,13)7-3-2-6(10)4-8(7)11/h2-4,14H,5H2,1H3. The van der Waals surface area contributed by atoms with Crippen LogP contribution in [0.1, 0.15) is 5.56 Å². The van der Waals surface area contributed by atoms with E-state index in [1.54, 1.807) is 0 Å². The van der Waals surface area contributed by atoms with E-state index in [0.29, 0.717) is 5.02 Å². The van der Waals surface area contributed by atoms with E-state index in [1.165, 1.54) is 25.2 Å². The largest absolute Gasteiger partial charge is 0.314 e. The fraction of sp³-hybridized carbons (Fsp3) is 0.333. The van der Waals surface area contributed by atoms with Gasteiger partial charge < -0.3 is 5.32 Å². The van der Waals surface area contributed by atoms with Crippen molar-refractivity contribution in [2.75, 3.05) is 13.6 Å².